The molecule has 206 valence electrons. The van der Waals surface area contributed by atoms with E-state index in [2.05, 4.69) is 10.0 Å². The van der Waals surface area contributed by atoms with Crippen LogP contribution in [0.5, 0.6) is 0 Å². The van der Waals surface area contributed by atoms with Gasteiger partial charge in [0.25, 0.3) is 11.5 Å². The molecule has 2 N–H and O–H groups in total. The minimum atomic E-state index is -5.16. The van der Waals surface area contributed by atoms with E-state index in [-0.39, 0.29) is 23.5 Å². The van der Waals surface area contributed by atoms with Gasteiger partial charge in [-0.05, 0) is 36.8 Å². The molecule has 1 fully saturated rings. The van der Waals surface area contributed by atoms with E-state index in [1.165, 1.54) is 13.8 Å². The van der Waals surface area contributed by atoms with Crippen LogP contribution in [-0.2, 0) is 24.4 Å². The van der Waals surface area contributed by atoms with Crippen molar-refractivity contribution in [2.45, 2.75) is 69.7 Å². The molecule has 3 atom stereocenters. The lowest BCUT2D eigenvalue weighted by molar-refractivity contribution is -0.384. The van der Waals surface area contributed by atoms with Crippen molar-refractivity contribution < 1.29 is 40.9 Å². The number of carbonyl (C=O) groups excluding carboxylic acids is 3. The van der Waals surface area contributed by atoms with Gasteiger partial charge in [0.2, 0.25) is 21.8 Å². The van der Waals surface area contributed by atoms with Gasteiger partial charge in [0, 0.05) is 18.7 Å². The molecular formula is C22H29F3N4O7S. The monoisotopic (exact) mass is 550 g/mol. The number of Topliss-reactive ketones (excluding diaryl/α,β-unsaturated/α-hetero) is 1. The number of non-ortho nitro benzene ring substituents is 1. The first-order valence-electron chi connectivity index (χ1n) is 11.5. The molecule has 1 aromatic rings. The Morgan fingerprint density at radius 1 is 1.05 bits per heavy atom. The summed E-state index contributed by atoms with van der Waals surface area (Å²) in [5.41, 5.74) is -0.329. The smallest absolute Gasteiger partial charge is 0.344 e. The fourth-order valence-corrected chi connectivity index (χ4v) is 5.23. The van der Waals surface area contributed by atoms with Gasteiger partial charge in [0.1, 0.15) is 12.1 Å². The van der Waals surface area contributed by atoms with Gasteiger partial charge in [-0.1, -0.05) is 27.7 Å². The molecule has 0 saturated carbocycles. The van der Waals surface area contributed by atoms with E-state index in [9.17, 15) is 46.1 Å². The number of amides is 2. The third kappa shape index (κ3) is 7.25. The molecule has 0 radical (unpaired) electrons. The molecule has 37 heavy (non-hydrogen) atoms. The van der Waals surface area contributed by atoms with Crippen LogP contribution in [0.25, 0.3) is 0 Å². The highest BCUT2D eigenvalue weighted by atomic mass is 32.2. The van der Waals surface area contributed by atoms with Gasteiger partial charge < -0.3 is 10.2 Å². The first-order chi connectivity index (χ1) is 17.0. The molecule has 0 bridgehead atoms. The van der Waals surface area contributed by atoms with Crippen molar-refractivity contribution in [2.75, 3.05) is 6.54 Å². The molecule has 11 nitrogen and oxygen atoms in total. The summed E-state index contributed by atoms with van der Waals surface area (Å²) in [4.78, 5) is 48.9. The van der Waals surface area contributed by atoms with Crippen molar-refractivity contribution in [3.8, 4) is 0 Å². The number of nitrogens with one attached hydrogen (secondary N) is 2. The number of halogens is 3. The van der Waals surface area contributed by atoms with Gasteiger partial charge in [-0.2, -0.15) is 17.9 Å². The maximum Gasteiger partial charge on any atom is 0.452 e. The summed E-state index contributed by atoms with van der Waals surface area (Å²) in [5.74, 6) is -5.28. The zero-order valence-corrected chi connectivity index (χ0v) is 21.4. The second kappa shape index (κ2) is 11.5. The van der Waals surface area contributed by atoms with E-state index in [0.717, 1.165) is 29.2 Å². The minimum Gasteiger partial charge on any atom is -0.344 e. The van der Waals surface area contributed by atoms with Crippen molar-refractivity contribution in [1.82, 2.24) is 14.9 Å². The summed E-state index contributed by atoms with van der Waals surface area (Å²) < 4.78 is 67.0. The molecule has 0 aliphatic carbocycles. The van der Waals surface area contributed by atoms with Crippen LogP contribution in [0.3, 0.4) is 0 Å². The zero-order chi connectivity index (χ0) is 28.3. The Kier molecular flexibility index (Phi) is 9.41. The molecule has 1 heterocycles. The number of sulfonamides is 1. The summed E-state index contributed by atoms with van der Waals surface area (Å²) in [6, 6.07) is -0.363. The van der Waals surface area contributed by atoms with E-state index >= 15 is 0 Å². The van der Waals surface area contributed by atoms with Crippen LogP contribution in [0.1, 0.15) is 40.5 Å². The fraction of sp³-hybridized carbons (Fsp3) is 0.591. The van der Waals surface area contributed by atoms with Gasteiger partial charge in [-0.25, -0.2) is 8.42 Å². The molecule has 1 aliphatic rings. The van der Waals surface area contributed by atoms with Crippen molar-refractivity contribution >= 4 is 33.3 Å². The van der Waals surface area contributed by atoms with Crippen LogP contribution in [0.4, 0.5) is 18.9 Å². The fourth-order valence-electron chi connectivity index (χ4n) is 3.90. The van der Waals surface area contributed by atoms with Gasteiger partial charge in [0.05, 0.1) is 15.9 Å². The Morgan fingerprint density at radius 2 is 1.59 bits per heavy atom. The second-order valence-corrected chi connectivity index (χ2v) is 11.1. The van der Waals surface area contributed by atoms with Crippen LogP contribution in [-0.4, -0.2) is 66.7 Å². The van der Waals surface area contributed by atoms with Crippen molar-refractivity contribution in [3.63, 3.8) is 0 Å². The molecule has 1 aliphatic heterocycles. The summed E-state index contributed by atoms with van der Waals surface area (Å²) in [5, 5.41) is 12.9. The topological polar surface area (TPSA) is 156 Å². The Hall–Kier alpha value is -3.07. The predicted octanol–water partition coefficient (Wildman–Crippen LogP) is 2.16. The quantitative estimate of drug-likeness (QED) is 0.334. The number of carbonyl (C=O) groups is 3. The number of hydrogen-bond donors (Lipinski definition) is 2. The van der Waals surface area contributed by atoms with E-state index < -0.39 is 68.7 Å². The molecule has 0 spiro atoms. The normalized spacial score (nSPS) is 18.1. The third-order valence-electron chi connectivity index (χ3n) is 5.94. The first-order valence-corrected chi connectivity index (χ1v) is 12.9. The Labute approximate surface area is 212 Å². The molecule has 1 saturated heterocycles. The number of nitro benzene ring substituents is 1. The number of nitro groups is 1. The number of alkyl halides is 3. The lowest BCUT2D eigenvalue weighted by Gasteiger charge is -2.31. The van der Waals surface area contributed by atoms with Gasteiger partial charge in [0.15, 0.2) is 0 Å². The van der Waals surface area contributed by atoms with E-state index in [0.29, 0.717) is 6.42 Å². The third-order valence-corrected chi connectivity index (χ3v) is 7.39. The summed E-state index contributed by atoms with van der Waals surface area (Å²) >= 11 is 0. The lowest BCUT2D eigenvalue weighted by atomic mass is 9.98. The second-order valence-electron chi connectivity index (χ2n) is 9.38. The largest absolute Gasteiger partial charge is 0.452 e. The number of hydrogen-bond acceptors (Lipinski definition) is 7. The number of ketones is 1. The average Bonchev–Trinajstić information content (AvgIpc) is 3.29. The predicted molar refractivity (Wildman–Crippen MR) is 125 cm³/mol. The van der Waals surface area contributed by atoms with Gasteiger partial charge in [-0.3, -0.25) is 24.5 Å². The van der Waals surface area contributed by atoms with E-state index in [1.54, 1.807) is 13.8 Å². The van der Waals surface area contributed by atoms with Crippen molar-refractivity contribution in [3.05, 3.63) is 34.4 Å². The Morgan fingerprint density at radius 3 is 2.05 bits per heavy atom. The van der Waals surface area contributed by atoms with E-state index in [1.807, 2.05) is 0 Å². The van der Waals surface area contributed by atoms with Crippen molar-refractivity contribution in [1.29, 1.82) is 0 Å². The van der Waals surface area contributed by atoms with Crippen LogP contribution in [0.2, 0.25) is 0 Å². The highest BCUT2D eigenvalue weighted by molar-refractivity contribution is 7.89. The molecule has 0 aromatic heterocycles. The maximum absolute atomic E-state index is 13.3. The number of nitrogens with zero attached hydrogens (tertiary/aromatic N) is 2. The van der Waals surface area contributed by atoms with Crippen LogP contribution < -0.4 is 10.0 Å². The Bertz CT molecular complexity index is 1140. The molecular weight excluding hydrogens is 521 g/mol. The molecule has 1 unspecified atom stereocenters. The van der Waals surface area contributed by atoms with Gasteiger partial charge >= 0.3 is 6.18 Å². The van der Waals surface area contributed by atoms with Crippen molar-refractivity contribution in [2.24, 2.45) is 11.8 Å². The van der Waals surface area contributed by atoms with Crippen LogP contribution >= 0.6 is 0 Å². The van der Waals surface area contributed by atoms with E-state index in [4.69, 9.17) is 0 Å². The molecule has 2 rings (SSSR count). The number of benzene rings is 1. The van der Waals surface area contributed by atoms with Crippen LogP contribution in [0.15, 0.2) is 29.2 Å². The first kappa shape index (κ1) is 30.2. The number of rotatable bonds is 10. The minimum absolute atomic E-state index is 0.0545. The highest BCUT2D eigenvalue weighted by Crippen LogP contribution is 2.25. The molecule has 1 aromatic carbocycles. The molecule has 15 heteroatoms. The summed E-state index contributed by atoms with van der Waals surface area (Å²) in [6.07, 6.45) is -4.71. The maximum atomic E-state index is 13.3. The zero-order valence-electron chi connectivity index (χ0n) is 20.6. The lowest BCUT2D eigenvalue weighted by Crippen LogP contribution is -2.58. The number of likely N-dealkylation sites (tertiary alicyclic amines) is 1. The Balaban J connectivity index is 2.25. The molecule has 2 amide bonds. The standard InChI is InChI=1S/C22H29F3N4O7S/c1-12(2)17(19(30)22(23,24)25)26-20(31)16-6-5-11-28(16)21(32)18(13(3)4)27-37(35,36)15-9-7-14(8-10-15)29(33)34/h7-10,12-13,16-18,27H,5-6,11H2,1-4H3,(H,26,31)/t16-,17?,18-/m0/s1. The SMILES string of the molecule is CC(C)C(NC(=O)[C@@H]1CCCN1C(=O)[C@@H](NS(=O)(=O)c1ccc([N+](=O)[O-])cc1)C(C)C)C(=O)C(F)(F)F. The van der Waals surface area contributed by atoms with Crippen LogP contribution in [0, 0.1) is 22.0 Å². The summed E-state index contributed by atoms with van der Waals surface area (Å²) in [6.45, 7) is 5.85. The summed E-state index contributed by atoms with van der Waals surface area (Å²) in [7, 11) is -4.31. The average molecular weight is 551 g/mol. The van der Waals surface area contributed by atoms with Gasteiger partial charge in [-0.15, -0.1) is 0 Å². The highest BCUT2D eigenvalue weighted by Gasteiger charge is 2.47.